The maximum absolute atomic E-state index is 13.3. The molecule has 7 heteroatoms. The molecule has 0 unspecified atom stereocenters. The number of aliphatic hydroxyl groups is 3. The number of allylic oxidation sites excluding steroid dienone is 1. The Morgan fingerprint density at radius 3 is 2.32 bits per heavy atom. The molecule has 0 radical (unpaired) electrons. The van der Waals surface area contributed by atoms with Gasteiger partial charge in [-0.25, -0.2) is 0 Å². The first-order chi connectivity index (χ1) is 12.8. The topological polar surface area (TPSA) is 113 Å². The Balaban J connectivity index is 1.87. The molecule has 0 aromatic heterocycles. The molecule has 0 aromatic carbocycles. The quantitative estimate of drug-likeness (QED) is 0.566. The lowest BCUT2D eigenvalue weighted by Crippen LogP contribution is -2.78. The van der Waals surface area contributed by atoms with Crippen molar-refractivity contribution in [3.05, 3.63) is 11.5 Å². The second kappa shape index (κ2) is 5.58. The fourth-order valence-electron chi connectivity index (χ4n) is 6.25. The second-order valence-corrected chi connectivity index (χ2v) is 10.0. The highest BCUT2D eigenvalue weighted by atomic mass is 16.7. The summed E-state index contributed by atoms with van der Waals surface area (Å²) in [5.74, 6) is -0.966. The summed E-state index contributed by atoms with van der Waals surface area (Å²) in [4.78, 5) is 26.0. The highest BCUT2D eigenvalue weighted by molar-refractivity contribution is 5.97. The van der Waals surface area contributed by atoms with E-state index in [1.54, 1.807) is 20.8 Å². The molecule has 2 fully saturated rings. The van der Waals surface area contributed by atoms with Crippen molar-refractivity contribution in [1.29, 1.82) is 0 Å². The number of Topliss-reactive ketones (excluding diaryl/α,β-unsaturated/α-hetero) is 2. The zero-order valence-electron chi connectivity index (χ0n) is 17.1. The molecule has 7 nitrogen and oxygen atoms in total. The Morgan fingerprint density at radius 2 is 1.68 bits per heavy atom. The predicted octanol–water partition coefficient (Wildman–Crippen LogP) is 1.23. The lowest BCUT2D eigenvalue weighted by atomic mass is 9.40. The van der Waals surface area contributed by atoms with Gasteiger partial charge in [-0.15, -0.1) is 0 Å². The number of aliphatic hydroxyl groups excluding tert-OH is 2. The van der Waals surface area contributed by atoms with Gasteiger partial charge in [0.1, 0.15) is 17.8 Å². The largest absolute Gasteiger partial charge is 0.462 e. The van der Waals surface area contributed by atoms with Gasteiger partial charge in [0.05, 0.1) is 22.7 Å². The standard InChI is InChI=1S/C21H30O7/c1-10-8-12(22)11-9-13-19(4,28-17(11)27-10)6-7-21(26)18(2,3)15(24)14(23)16(25)20(13,21)5/h10,13-15,23-24,26H,6-9H2,1-5H3/t10-,13-,14+,15-,19-,20-,21+/m1/s1. The van der Waals surface area contributed by atoms with Gasteiger partial charge in [-0.3, -0.25) is 9.59 Å². The minimum absolute atomic E-state index is 0.0726. The molecule has 0 saturated heterocycles. The summed E-state index contributed by atoms with van der Waals surface area (Å²) in [5.41, 5.74) is -4.47. The summed E-state index contributed by atoms with van der Waals surface area (Å²) in [6.45, 7) is 8.70. The number of ether oxygens (including phenoxy) is 2. The van der Waals surface area contributed by atoms with Crippen LogP contribution in [0.3, 0.4) is 0 Å². The summed E-state index contributed by atoms with van der Waals surface area (Å²) >= 11 is 0. The lowest BCUT2D eigenvalue weighted by Gasteiger charge is -2.67. The molecular formula is C21H30O7. The number of carbonyl (C=O) groups excluding carboxylic acids is 2. The van der Waals surface area contributed by atoms with Crippen LogP contribution in [0.4, 0.5) is 0 Å². The highest BCUT2D eigenvalue weighted by Gasteiger charge is 2.75. The van der Waals surface area contributed by atoms with Gasteiger partial charge in [-0.2, -0.15) is 0 Å². The van der Waals surface area contributed by atoms with Crippen molar-refractivity contribution in [2.75, 3.05) is 0 Å². The number of fused-ring (bicyclic) bond motifs is 3. The number of carbonyl (C=O) groups is 2. The Labute approximate surface area is 164 Å². The van der Waals surface area contributed by atoms with E-state index >= 15 is 0 Å². The van der Waals surface area contributed by atoms with E-state index in [0.29, 0.717) is 12.0 Å². The fourth-order valence-corrected chi connectivity index (χ4v) is 6.25. The second-order valence-electron chi connectivity index (χ2n) is 10.0. The number of rotatable bonds is 0. The highest BCUT2D eigenvalue weighted by Crippen LogP contribution is 2.66. The molecule has 4 rings (SSSR count). The summed E-state index contributed by atoms with van der Waals surface area (Å²) < 4.78 is 12.0. The van der Waals surface area contributed by atoms with Crippen LogP contribution in [-0.4, -0.2) is 56.4 Å². The van der Waals surface area contributed by atoms with Crippen molar-refractivity contribution in [2.45, 2.75) is 89.8 Å². The third-order valence-corrected chi connectivity index (χ3v) is 8.26. The van der Waals surface area contributed by atoms with Crippen molar-refractivity contribution < 1.29 is 34.4 Å². The number of hydrogen-bond acceptors (Lipinski definition) is 7. The fraction of sp³-hybridized carbons (Fsp3) is 0.810. The molecule has 0 bridgehead atoms. The van der Waals surface area contributed by atoms with E-state index in [-0.39, 0.29) is 37.1 Å². The van der Waals surface area contributed by atoms with E-state index < -0.39 is 45.9 Å². The molecule has 0 spiro atoms. The van der Waals surface area contributed by atoms with Gasteiger partial charge in [-0.05, 0) is 40.0 Å². The summed E-state index contributed by atoms with van der Waals surface area (Å²) in [5, 5.41) is 32.9. The van der Waals surface area contributed by atoms with Crippen LogP contribution < -0.4 is 0 Å². The zero-order chi connectivity index (χ0) is 20.9. The Morgan fingerprint density at radius 1 is 1.04 bits per heavy atom. The SMILES string of the molecule is C[C@@H]1CC(=O)C2=C(O1)O[C@]1(C)CC[C@]3(O)C(C)(C)[C@H](O)[C@H](O)C(=O)[C@@]3(C)[C@@H]1C2. The monoisotopic (exact) mass is 394 g/mol. The third kappa shape index (κ3) is 2.10. The van der Waals surface area contributed by atoms with Crippen molar-refractivity contribution >= 4 is 11.6 Å². The van der Waals surface area contributed by atoms with E-state index in [9.17, 15) is 24.9 Å². The van der Waals surface area contributed by atoms with E-state index in [2.05, 4.69) is 0 Å². The zero-order valence-corrected chi connectivity index (χ0v) is 17.1. The normalized spacial score (nSPS) is 50.1. The van der Waals surface area contributed by atoms with Crippen molar-refractivity contribution in [2.24, 2.45) is 16.7 Å². The first-order valence-corrected chi connectivity index (χ1v) is 10.0. The molecule has 2 saturated carbocycles. The van der Waals surface area contributed by atoms with Crippen LogP contribution in [0.2, 0.25) is 0 Å². The van der Waals surface area contributed by atoms with Crippen LogP contribution in [-0.2, 0) is 19.1 Å². The average molecular weight is 394 g/mol. The molecule has 4 aliphatic rings. The van der Waals surface area contributed by atoms with Gasteiger partial charge in [0.15, 0.2) is 11.6 Å². The molecule has 0 amide bonds. The summed E-state index contributed by atoms with van der Waals surface area (Å²) in [6.07, 6.45) is -2.10. The smallest absolute Gasteiger partial charge is 0.286 e. The molecular weight excluding hydrogens is 364 g/mol. The average Bonchev–Trinajstić information content (AvgIpc) is 2.61. The predicted molar refractivity (Wildman–Crippen MR) is 97.9 cm³/mol. The molecule has 7 atom stereocenters. The van der Waals surface area contributed by atoms with Gasteiger partial charge in [-0.1, -0.05) is 13.8 Å². The van der Waals surface area contributed by atoms with Crippen LogP contribution in [0.15, 0.2) is 11.5 Å². The molecule has 2 heterocycles. The third-order valence-electron chi connectivity index (χ3n) is 8.26. The van der Waals surface area contributed by atoms with E-state index in [1.165, 1.54) is 0 Å². The van der Waals surface area contributed by atoms with E-state index in [4.69, 9.17) is 9.47 Å². The number of ketones is 2. The van der Waals surface area contributed by atoms with Crippen molar-refractivity contribution in [3.8, 4) is 0 Å². The van der Waals surface area contributed by atoms with Crippen LogP contribution >= 0.6 is 0 Å². The first kappa shape index (κ1) is 19.9. The van der Waals surface area contributed by atoms with Gasteiger partial charge >= 0.3 is 0 Å². The molecule has 0 aromatic rings. The van der Waals surface area contributed by atoms with Crippen LogP contribution in [0, 0.1) is 16.7 Å². The van der Waals surface area contributed by atoms with Gasteiger partial charge < -0.3 is 24.8 Å². The van der Waals surface area contributed by atoms with Crippen LogP contribution in [0.1, 0.15) is 60.3 Å². The van der Waals surface area contributed by atoms with E-state index in [1.807, 2.05) is 13.8 Å². The minimum Gasteiger partial charge on any atom is -0.462 e. The first-order valence-electron chi connectivity index (χ1n) is 10.0. The Bertz CT molecular complexity index is 786. The Hall–Kier alpha value is -1.44. The van der Waals surface area contributed by atoms with Gasteiger partial charge in [0, 0.05) is 17.8 Å². The summed E-state index contributed by atoms with van der Waals surface area (Å²) in [7, 11) is 0. The maximum Gasteiger partial charge on any atom is 0.286 e. The van der Waals surface area contributed by atoms with Crippen LogP contribution in [0.25, 0.3) is 0 Å². The molecule has 156 valence electrons. The van der Waals surface area contributed by atoms with Crippen molar-refractivity contribution in [1.82, 2.24) is 0 Å². The van der Waals surface area contributed by atoms with E-state index in [0.717, 1.165) is 0 Å². The van der Waals surface area contributed by atoms with Gasteiger partial charge in [0.2, 0.25) is 0 Å². The van der Waals surface area contributed by atoms with Crippen LogP contribution in [0.5, 0.6) is 0 Å². The minimum atomic E-state index is -1.60. The molecule has 2 aliphatic carbocycles. The molecule has 28 heavy (non-hydrogen) atoms. The van der Waals surface area contributed by atoms with Crippen molar-refractivity contribution in [3.63, 3.8) is 0 Å². The van der Waals surface area contributed by atoms with Gasteiger partial charge in [0.25, 0.3) is 5.95 Å². The molecule has 2 aliphatic heterocycles. The number of hydrogen-bond donors (Lipinski definition) is 3. The lowest BCUT2D eigenvalue weighted by molar-refractivity contribution is -0.295. The maximum atomic E-state index is 13.3. The summed E-state index contributed by atoms with van der Waals surface area (Å²) in [6, 6.07) is 0. The molecule has 3 N–H and O–H groups in total. The Kier molecular flexibility index (Phi) is 3.96.